The Morgan fingerprint density at radius 2 is 1.57 bits per heavy atom. The normalized spacial score (nSPS) is 11.7. The van der Waals surface area contributed by atoms with E-state index in [0.717, 1.165) is 54.5 Å². The monoisotopic (exact) mass is 676 g/mol. The van der Waals surface area contributed by atoms with Crippen molar-refractivity contribution in [3.05, 3.63) is 110 Å². The van der Waals surface area contributed by atoms with Crippen molar-refractivity contribution in [2.75, 3.05) is 37.4 Å². The first-order chi connectivity index (χ1) is 22.4. The largest absolute Gasteiger partial charge is 0.465 e. The summed E-state index contributed by atoms with van der Waals surface area (Å²) in [6.45, 7) is 7.60. The first kappa shape index (κ1) is 35.7. The Morgan fingerprint density at radius 3 is 2.23 bits per heavy atom. The molecule has 1 aromatic heterocycles. The summed E-state index contributed by atoms with van der Waals surface area (Å²) in [6, 6.07) is 16.7. The number of benzene rings is 3. The number of hydrogen-bond acceptors (Lipinski definition) is 6. The van der Waals surface area contributed by atoms with Crippen LogP contribution in [0.1, 0.15) is 69.9 Å². The van der Waals surface area contributed by atoms with Gasteiger partial charge in [0.25, 0.3) is 5.91 Å². The molecule has 0 bridgehead atoms. The van der Waals surface area contributed by atoms with Gasteiger partial charge in [-0.2, -0.15) is 4.98 Å². The van der Waals surface area contributed by atoms with E-state index in [0.29, 0.717) is 33.4 Å². The molecule has 0 radical (unpaired) electrons. The number of amides is 2. The first-order valence-corrected chi connectivity index (χ1v) is 16.4. The molecule has 4 rings (SSSR count). The Hall–Kier alpha value is -4.18. The van der Waals surface area contributed by atoms with Crippen LogP contribution in [-0.2, 0) is 0 Å². The molecular formula is C36H42Cl2N6O3. The lowest BCUT2D eigenvalue weighted by molar-refractivity contribution is 0.0953. The van der Waals surface area contributed by atoms with Crippen molar-refractivity contribution in [1.29, 1.82) is 0 Å². The van der Waals surface area contributed by atoms with Crippen molar-refractivity contribution in [3.8, 4) is 0 Å². The summed E-state index contributed by atoms with van der Waals surface area (Å²) in [5.74, 6) is 0.203. The van der Waals surface area contributed by atoms with Crippen LogP contribution >= 0.6 is 23.2 Å². The summed E-state index contributed by atoms with van der Waals surface area (Å²) in [6.07, 6.45) is 4.58. The van der Waals surface area contributed by atoms with Crippen LogP contribution in [0.3, 0.4) is 0 Å². The first-order valence-electron chi connectivity index (χ1n) is 15.6. The zero-order valence-corrected chi connectivity index (χ0v) is 29.0. The predicted octanol–water partition coefficient (Wildman–Crippen LogP) is 8.58. The molecule has 1 atom stereocenters. The van der Waals surface area contributed by atoms with Crippen molar-refractivity contribution in [3.63, 3.8) is 0 Å². The Kier molecular flexibility index (Phi) is 12.6. The third kappa shape index (κ3) is 9.67. The highest BCUT2D eigenvalue weighted by Gasteiger charge is 2.33. The second-order valence-electron chi connectivity index (χ2n) is 11.9. The minimum Gasteiger partial charge on any atom is -0.465 e. The van der Waals surface area contributed by atoms with Crippen LogP contribution in [0.5, 0.6) is 0 Å². The molecule has 1 unspecified atom stereocenters. The molecule has 3 N–H and O–H groups in total. The number of carbonyl (C=O) groups is 2. The fraction of sp³-hybridized carbons (Fsp3) is 0.333. The lowest BCUT2D eigenvalue weighted by atomic mass is 9.89. The Balaban J connectivity index is 1.54. The van der Waals surface area contributed by atoms with E-state index in [1.165, 1.54) is 11.1 Å². The van der Waals surface area contributed by atoms with E-state index < -0.39 is 12.1 Å². The van der Waals surface area contributed by atoms with Gasteiger partial charge in [0.15, 0.2) is 0 Å². The zero-order valence-electron chi connectivity index (χ0n) is 27.5. The van der Waals surface area contributed by atoms with Crippen molar-refractivity contribution < 1.29 is 14.7 Å². The molecule has 4 aromatic rings. The molecule has 1 heterocycles. The molecule has 11 heteroatoms. The zero-order chi connectivity index (χ0) is 34.1. The molecule has 3 aromatic carbocycles. The number of aromatic nitrogens is 2. The third-order valence-corrected chi connectivity index (χ3v) is 8.42. The Bertz CT molecular complexity index is 1670. The maximum absolute atomic E-state index is 13.0. The highest BCUT2D eigenvalue weighted by Crippen LogP contribution is 2.40. The summed E-state index contributed by atoms with van der Waals surface area (Å²) in [5.41, 5.74) is 5.37. The molecular weight excluding hydrogens is 635 g/mol. The standard InChI is InChI=1S/C36H42Cl2N6O3/c1-23-20-24(2)32(25(3)21-23)33(29-22-27(37)12-15-30(29)38)44(36(46)47)31-16-18-40-35(42-31)41-28-13-10-26(11-14-28)34(45)39-17-8-6-7-9-19-43(4)5/h10-16,18,20-22,33H,6-9,17,19H2,1-5H3,(H,39,45)(H,46,47)(H,40,41,42). The summed E-state index contributed by atoms with van der Waals surface area (Å²) in [4.78, 5) is 38.0. The number of hydrogen-bond donors (Lipinski definition) is 3. The van der Waals surface area contributed by atoms with Crippen LogP contribution < -0.4 is 15.5 Å². The minimum atomic E-state index is -1.22. The van der Waals surface area contributed by atoms with Gasteiger partial charge in [-0.3, -0.25) is 4.79 Å². The van der Waals surface area contributed by atoms with Crippen LogP contribution in [0.15, 0.2) is 66.9 Å². The van der Waals surface area contributed by atoms with Gasteiger partial charge in [-0.15, -0.1) is 0 Å². The number of anilines is 3. The van der Waals surface area contributed by atoms with E-state index in [1.807, 2.05) is 32.9 Å². The number of carbonyl (C=O) groups excluding carboxylic acids is 1. The van der Waals surface area contributed by atoms with E-state index in [9.17, 15) is 14.7 Å². The van der Waals surface area contributed by atoms with E-state index in [4.69, 9.17) is 23.2 Å². The Morgan fingerprint density at radius 1 is 0.894 bits per heavy atom. The highest BCUT2D eigenvalue weighted by molar-refractivity contribution is 6.33. The number of unbranched alkanes of at least 4 members (excludes halogenated alkanes) is 3. The van der Waals surface area contributed by atoms with Crippen LogP contribution in [-0.4, -0.2) is 59.2 Å². The smallest absolute Gasteiger partial charge is 0.413 e. The number of rotatable bonds is 14. The quantitative estimate of drug-likeness (QED) is 0.115. The molecule has 0 aliphatic rings. The van der Waals surface area contributed by atoms with Crippen LogP contribution in [0, 0.1) is 20.8 Å². The van der Waals surface area contributed by atoms with E-state index >= 15 is 0 Å². The SMILES string of the molecule is Cc1cc(C)c(C(c2cc(Cl)ccc2Cl)N(C(=O)O)c2ccnc(Nc3ccc(C(=O)NCCCCCCN(C)C)cc3)n2)c(C)c1. The number of nitrogens with one attached hydrogen (secondary N) is 2. The Labute approximate surface area is 286 Å². The molecule has 0 aliphatic heterocycles. The average molecular weight is 678 g/mol. The van der Waals surface area contributed by atoms with Crippen LogP contribution in [0.2, 0.25) is 10.0 Å². The van der Waals surface area contributed by atoms with Crippen molar-refractivity contribution in [2.24, 2.45) is 0 Å². The molecule has 248 valence electrons. The fourth-order valence-electron chi connectivity index (χ4n) is 5.70. The van der Waals surface area contributed by atoms with E-state index in [2.05, 4.69) is 39.6 Å². The number of carboxylic acid groups (broad SMARTS) is 1. The van der Waals surface area contributed by atoms with E-state index in [1.54, 1.807) is 48.5 Å². The lowest BCUT2D eigenvalue weighted by Gasteiger charge is -2.32. The number of aryl methyl sites for hydroxylation is 3. The van der Waals surface area contributed by atoms with Gasteiger partial charge < -0.3 is 20.6 Å². The topological polar surface area (TPSA) is 111 Å². The second-order valence-corrected chi connectivity index (χ2v) is 12.8. The molecule has 2 amide bonds. The summed E-state index contributed by atoms with van der Waals surface area (Å²) < 4.78 is 0. The fourth-order valence-corrected chi connectivity index (χ4v) is 6.10. The maximum atomic E-state index is 13.0. The number of nitrogens with zero attached hydrogens (tertiary/aromatic N) is 4. The molecule has 0 spiro atoms. The predicted molar refractivity (Wildman–Crippen MR) is 191 cm³/mol. The summed E-state index contributed by atoms with van der Waals surface area (Å²) >= 11 is 13.1. The molecule has 0 aliphatic carbocycles. The van der Waals surface area contributed by atoms with Crippen molar-refractivity contribution >= 4 is 52.7 Å². The van der Waals surface area contributed by atoms with Gasteiger partial charge in [0, 0.05) is 34.0 Å². The second kappa shape index (κ2) is 16.6. The van der Waals surface area contributed by atoms with Gasteiger partial charge in [0.2, 0.25) is 5.95 Å². The summed E-state index contributed by atoms with van der Waals surface area (Å²) in [7, 11) is 4.14. The highest BCUT2D eigenvalue weighted by atomic mass is 35.5. The average Bonchev–Trinajstić information content (AvgIpc) is 3.01. The third-order valence-electron chi connectivity index (χ3n) is 7.84. The van der Waals surface area contributed by atoms with E-state index in [-0.39, 0.29) is 17.7 Å². The lowest BCUT2D eigenvalue weighted by Crippen LogP contribution is -2.36. The molecule has 0 saturated carbocycles. The molecule has 9 nitrogen and oxygen atoms in total. The van der Waals surface area contributed by atoms with Crippen LogP contribution in [0.25, 0.3) is 0 Å². The van der Waals surface area contributed by atoms with Gasteiger partial charge >= 0.3 is 6.09 Å². The van der Waals surface area contributed by atoms with Gasteiger partial charge in [0.1, 0.15) is 5.82 Å². The van der Waals surface area contributed by atoms with Gasteiger partial charge in [-0.05, 0) is 125 Å². The van der Waals surface area contributed by atoms with Gasteiger partial charge in [-0.1, -0.05) is 53.7 Å². The maximum Gasteiger partial charge on any atom is 0.413 e. The molecule has 47 heavy (non-hydrogen) atoms. The molecule has 0 fully saturated rings. The van der Waals surface area contributed by atoms with Gasteiger partial charge in [0.05, 0.1) is 6.04 Å². The molecule has 0 saturated heterocycles. The number of halogens is 2. The van der Waals surface area contributed by atoms with Crippen molar-refractivity contribution in [1.82, 2.24) is 20.2 Å². The van der Waals surface area contributed by atoms with Gasteiger partial charge in [-0.25, -0.2) is 14.7 Å². The van der Waals surface area contributed by atoms with Crippen LogP contribution in [0.4, 0.5) is 22.2 Å². The minimum absolute atomic E-state index is 0.132. The summed E-state index contributed by atoms with van der Waals surface area (Å²) in [5, 5.41) is 17.6. The van der Waals surface area contributed by atoms with Crippen molar-refractivity contribution in [2.45, 2.75) is 52.5 Å².